The molecule has 2 N–H and O–H groups in total. The molecular weight excluding hydrogens is 470 g/mol. The fraction of sp³-hybridized carbons (Fsp3) is 0.394. The van der Waals surface area contributed by atoms with Crippen molar-refractivity contribution < 1.29 is 9.59 Å². The van der Waals surface area contributed by atoms with Crippen LogP contribution in [0.5, 0.6) is 0 Å². The molecule has 5 heteroatoms. The van der Waals surface area contributed by atoms with E-state index in [9.17, 15) is 9.59 Å². The lowest BCUT2D eigenvalue weighted by molar-refractivity contribution is -0.117. The topological polar surface area (TPSA) is 61.4 Å². The SMILES string of the molecule is CC(CC(=O)Nc1ccc(N2CCc3ccccc3C2)c(C(=O)NCCc2ccccc2)c1)CC(C)(C)C. The van der Waals surface area contributed by atoms with Gasteiger partial charge in [0, 0.05) is 37.4 Å². The summed E-state index contributed by atoms with van der Waals surface area (Å²) < 4.78 is 0. The van der Waals surface area contributed by atoms with Crippen LogP contribution in [0, 0.1) is 11.3 Å². The smallest absolute Gasteiger partial charge is 0.253 e. The van der Waals surface area contributed by atoms with E-state index < -0.39 is 0 Å². The second-order valence-corrected chi connectivity index (χ2v) is 11.8. The Morgan fingerprint density at radius 2 is 1.66 bits per heavy atom. The molecular formula is C33H41N3O2. The number of nitrogens with one attached hydrogen (secondary N) is 2. The van der Waals surface area contributed by atoms with E-state index in [-0.39, 0.29) is 23.1 Å². The highest BCUT2D eigenvalue weighted by Gasteiger charge is 2.23. The Hall–Kier alpha value is -3.60. The molecule has 0 aromatic heterocycles. The second kappa shape index (κ2) is 12.3. The summed E-state index contributed by atoms with van der Waals surface area (Å²) in [5.74, 6) is 0.146. The zero-order valence-electron chi connectivity index (χ0n) is 23.2. The van der Waals surface area contributed by atoms with Crippen LogP contribution in [-0.4, -0.2) is 24.9 Å². The molecule has 1 aliphatic heterocycles. The Labute approximate surface area is 227 Å². The van der Waals surface area contributed by atoms with Gasteiger partial charge in [-0.05, 0) is 65.5 Å². The van der Waals surface area contributed by atoms with Crippen molar-refractivity contribution in [2.75, 3.05) is 23.3 Å². The number of hydrogen-bond donors (Lipinski definition) is 2. The summed E-state index contributed by atoms with van der Waals surface area (Å²) in [4.78, 5) is 28.6. The first-order valence-electron chi connectivity index (χ1n) is 13.8. The zero-order valence-corrected chi connectivity index (χ0v) is 23.2. The lowest BCUT2D eigenvalue weighted by Gasteiger charge is -2.32. The molecule has 5 nitrogen and oxygen atoms in total. The van der Waals surface area contributed by atoms with Gasteiger partial charge in [0.15, 0.2) is 0 Å². The van der Waals surface area contributed by atoms with Gasteiger partial charge in [-0.3, -0.25) is 9.59 Å². The average molecular weight is 512 g/mol. The van der Waals surface area contributed by atoms with Crippen LogP contribution in [0.25, 0.3) is 0 Å². The molecule has 0 fully saturated rings. The minimum atomic E-state index is -0.119. The monoisotopic (exact) mass is 511 g/mol. The first-order valence-corrected chi connectivity index (χ1v) is 13.8. The number of carbonyl (C=O) groups excluding carboxylic acids is 2. The summed E-state index contributed by atoms with van der Waals surface area (Å²) >= 11 is 0. The zero-order chi connectivity index (χ0) is 27.1. The number of amides is 2. The summed E-state index contributed by atoms with van der Waals surface area (Å²) in [6.07, 6.45) is 3.14. The van der Waals surface area contributed by atoms with Crippen LogP contribution in [0.2, 0.25) is 0 Å². The third-order valence-electron chi connectivity index (χ3n) is 7.03. The maximum Gasteiger partial charge on any atom is 0.253 e. The molecule has 1 unspecified atom stereocenters. The van der Waals surface area contributed by atoms with Crippen molar-refractivity contribution >= 4 is 23.2 Å². The van der Waals surface area contributed by atoms with Crippen LogP contribution in [0.15, 0.2) is 72.8 Å². The summed E-state index contributed by atoms with van der Waals surface area (Å²) in [7, 11) is 0. The standard InChI is InChI=1S/C33H41N3O2/c1-24(22-33(2,3)4)20-31(37)35-28-14-15-30(36-19-17-26-12-8-9-13-27(26)23-36)29(21-28)32(38)34-18-16-25-10-6-5-7-11-25/h5-15,21,24H,16-20,22-23H2,1-4H3,(H,34,38)(H,35,37). The van der Waals surface area contributed by atoms with Crippen LogP contribution in [-0.2, 0) is 24.2 Å². The van der Waals surface area contributed by atoms with Crippen LogP contribution < -0.4 is 15.5 Å². The van der Waals surface area contributed by atoms with Gasteiger partial charge in [-0.25, -0.2) is 0 Å². The molecule has 3 aromatic rings. The Bertz CT molecular complexity index is 1250. The van der Waals surface area contributed by atoms with Crippen molar-refractivity contribution in [1.82, 2.24) is 5.32 Å². The number of nitrogens with zero attached hydrogens (tertiary/aromatic N) is 1. The molecule has 4 rings (SSSR count). The van der Waals surface area contributed by atoms with Gasteiger partial charge in [0.25, 0.3) is 5.91 Å². The fourth-order valence-corrected chi connectivity index (χ4v) is 5.48. The third-order valence-corrected chi connectivity index (χ3v) is 7.03. The highest BCUT2D eigenvalue weighted by atomic mass is 16.2. The number of rotatable bonds is 9. The van der Waals surface area contributed by atoms with Crippen molar-refractivity contribution in [3.8, 4) is 0 Å². The van der Waals surface area contributed by atoms with Gasteiger partial charge in [0.2, 0.25) is 5.91 Å². The molecule has 0 saturated heterocycles. The number of benzene rings is 3. The van der Waals surface area contributed by atoms with E-state index >= 15 is 0 Å². The van der Waals surface area contributed by atoms with Crippen LogP contribution in [0.4, 0.5) is 11.4 Å². The van der Waals surface area contributed by atoms with Gasteiger partial charge in [-0.15, -0.1) is 0 Å². The minimum absolute atomic E-state index is 0.0168. The second-order valence-electron chi connectivity index (χ2n) is 11.8. The summed E-state index contributed by atoms with van der Waals surface area (Å²) in [5, 5.41) is 6.15. The van der Waals surface area contributed by atoms with E-state index in [0.717, 1.165) is 38.0 Å². The summed E-state index contributed by atoms with van der Waals surface area (Å²) in [6, 6.07) is 24.4. The number of anilines is 2. The van der Waals surface area contributed by atoms with Gasteiger partial charge < -0.3 is 15.5 Å². The van der Waals surface area contributed by atoms with E-state index in [0.29, 0.717) is 24.2 Å². The minimum Gasteiger partial charge on any atom is -0.366 e. The van der Waals surface area contributed by atoms with E-state index in [1.54, 1.807) is 0 Å². The quantitative estimate of drug-likeness (QED) is 0.339. The largest absolute Gasteiger partial charge is 0.366 e. The van der Waals surface area contributed by atoms with Crippen molar-refractivity contribution in [1.29, 1.82) is 0 Å². The van der Waals surface area contributed by atoms with Crippen LogP contribution >= 0.6 is 0 Å². The van der Waals surface area contributed by atoms with Crippen molar-refractivity contribution in [2.24, 2.45) is 11.3 Å². The number of hydrogen-bond acceptors (Lipinski definition) is 3. The molecule has 38 heavy (non-hydrogen) atoms. The maximum absolute atomic E-state index is 13.5. The van der Waals surface area contributed by atoms with E-state index in [2.05, 4.69) is 79.6 Å². The Kier molecular flexibility index (Phi) is 8.88. The van der Waals surface area contributed by atoms with Crippen molar-refractivity contribution in [3.05, 3.63) is 95.1 Å². The lowest BCUT2D eigenvalue weighted by atomic mass is 9.84. The molecule has 0 spiro atoms. The molecule has 2 amide bonds. The van der Waals surface area contributed by atoms with Gasteiger partial charge in [0.05, 0.1) is 5.56 Å². The van der Waals surface area contributed by atoms with Gasteiger partial charge in [0.1, 0.15) is 0 Å². The predicted molar refractivity (Wildman–Crippen MR) is 157 cm³/mol. The molecule has 0 bridgehead atoms. The average Bonchev–Trinajstić information content (AvgIpc) is 2.87. The first-order chi connectivity index (χ1) is 18.2. The Balaban J connectivity index is 1.51. The lowest BCUT2D eigenvalue weighted by Crippen LogP contribution is -2.33. The normalized spacial score (nSPS) is 13.9. The van der Waals surface area contributed by atoms with E-state index in [4.69, 9.17) is 0 Å². The molecule has 1 aliphatic rings. The highest BCUT2D eigenvalue weighted by Crippen LogP contribution is 2.30. The Morgan fingerprint density at radius 3 is 2.39 bits per heavy atom. The van der Waals surface area contributed by atoms with Crippen LogP contribution in [0.3, 0.4) is 0 Å². The Morgan fingerprint density at radius 1 is 0.947 bits per heavy atom. The van der Waals surface area contributed by atoms with E-state index in [1.165, 1.54) is 16.7 Å². The number of fused-ring (bicyclic) bond motifs is 1. The molecule has 200 valence electrons. The molecule has 1 heterocycles. The number of carbonyl (C=O) groups is 2. The summed E-state index contributed by atoms with van der Waals surface area (Å²) in [5.41, 5.74) is 6.18. The van der Waals surface area contributed by atoms with Crippen molar-refractivity contribution in [3.63, 3.8) is 0 Å². The van der Waals surface area contributed by atoms with Crippen molar-refractivity contribution in [2.45, 2.75) is 59.9 Å². The first kappa shape index (κ1) is 27.4. The van der Waals surface area contributed by atoms with Gasteiger partial charge >= 0.3 is 0 Å². The fourth-order valence-electron chi connectivity index (χ4n) is 5.48. The predicted octanol–water partition coefficient (Wildman–Crippen LogP) is 6.62. The molecule has 1 atom stereocenters. The van der Waals surface area contributed by atoms with Gasteiger partial charge in [-0.1, -0.05) is 82.3 Å². The molecule has 0 aliphatic carbocycles. The van der Waals surface area contributed by atoms with Crippen LogP contribution in [0.1, 0.15) is 67.6 Å². The molecule has 0 radical (unpaired) electrons. The molecule has 3 aromatic carbocycles. The van der Waals surface area contributed by atoms with Gasteiger partial charge in [-0.2, -0.15) is 0 Å². The third kappa shape index (κ3) is 7.70. The summed E-state index contributed by atoms with van der Waals surface area (Å²) in [6.45, 7) is 10.9. The maximum atomic E-state index is 13.5. The highest BCUT2D eigenvalue weighted by molar-refractivity contribution is 6.02. The molecule has 0 saturated carbocycles. The van der Waals surface area contributed by atoms with E-state index in [1.807, 2.05) is 36.4 Å².